The van der Waals surface area contributed by atoms with E-state index < -0.39 is 0 Å². The van der Waals surface area contributed by atoms with E-state index in [2.05, 4.69) is 42.7 Å². The fraction of sp³-hybridized carbons (Fsp3) is 0.667. The maximum atomic E-state index is 5.82. The molecule has 0 spiro atoms. The Balaban J connectivity index is 2.14. The van der Waals surface area contributed by atoms with Gasteiger partial charge in [0.15, 0.2) is 11.3 Å². The molecule has 0 saturated carbocycles. The molecule has 0 aromatic carbocycles. The molecular weight excluding hydrogens is 266 g/mol. The lowest BCUT2D eigenvalue weighted by atomic mass is 10.2. The number of anilines is 1. The molecule has 2 unspecified atom stereocenters. The first-order chi connectivity index (χ1) is 9.99. The van der Waals surface area contributed by atoms with Gasteiger partial charge in [-0.3, -0.25) is 4.68 Å². The van der Waals surface area contributed by atoms with Crippen LogP contribution in [0.3, 0.4) is 0 Å². The average Bonchev–Trinajstić information content (AvgIpc) is 2.72. The molecule has 2 aromatic heterocycles. The Hall–Kier alpha value is -1.69. The van der Waals surface area contributed by atoms with E-state index in [0.717, 1.165) is 47.9 Å². The smallest absolute Gasteiger partial charge is 0.161 e. The molecule has 1 aliphatic rings. The third-order valence-corrected chi connectivity index (χ3v) is 4.03. The number of hydrogen-bond donors (Lipinski definition) is 0. The standard InChI is InChI=1S/C15H23N5O/c1-6-12-16-13-11(4)19(5)18-14(13)15(17-12)20-7-9(2)21-10(3)8-20/h9-10H,6-8H2,1-5H3. The van der Waals surface area contributed by atoms with Gasteiger partial charge in [-0.25, -0.2) is 9.97 Å². The van der Waals surface area contributed by atoms with Crippen LogP contribution in [0.25, 0.3) is 11.0 Å². The van der Waals surface area contributed by atoms with Crippen LogP contribution in [0.15, 0.2) is 0 Å². The second-order valence-electron chi connectivity index (χ2n) is 5.89. The fourth-order valence-electron chi connectivity index (χ4n) is 2.94. The Labute approximate surface area is 125 Å². The van der Waals surface area contributed by atoms with Crippen LogP contribution in [0.4, 0.5) is 5.82 Å². The Morgan fingerprint density at radius 3 is 2.43 bits per heavy atom. The summed E-state index contributed by atoms with van der Waals surface area (Å²) in [7, 11) is 1.96. The van der Waals surface area contributed by atoms with E-state index in [0.29, 0.717) is 0 Å². The Bertz CT molecular complexity index is 656. The molecule has 2 aromatic rings. The molecule has 3 heterocycles. The molecule has 114 valence electrons. The number of hydrogen-bond acceptors (Lipinski definition) is 5. The molecule has 6 nitrogen and oxygen atoms in total. The topological polar surface area (TPSA) is 56.1 Å². The van der Waals surface area contributed by atoms with Crippen LogP contribution in [0, 0.1) is 6.92 Å². The molecule has 1 aliphatic heterocycles. The molecule has 21 heavy (non-hydrogen) atoms. The van der Waals surface area contributed by atoms with Crippen molar-refractivity contribution in [3.63, 3.8) is 0 Å². The summed E-state index contributed by atoms with van der Waals surface area (Å²) < 4.78 is 7.71. The maximum Gasteiger partial charge on any atom is 0.161 e. The maximum absolute atomic E-state index is 5.82. The second kappa shape index (κ2) is 5.26. The summed E-state index contributed by atoms with van der Waals surface area (Å²) in [6, 6.07) is 0. The van der Waals surface area contributed by atoms with Gasteiger partial charge in [-0.15, -0.1) is 0 Å². The predicted octanol–water partition coefficient (Wildman–Crippen LogP) is 1.85. The Morgan fingerprint density at radius 2 is 1.81 bits per heavy atom. The van der Waals surface area contributed by atoms with Gasteiger partial charge in [0.2, 0.25) is 0 Å². The van der Waals surface area contributed by atoms with E-state index in [4.69, 9.17) is 9.72 Å². The highest BCUT2D eigenvalue weighted by molar-refractivity contribution is 5.87. The van der Waals surface area contributed by atoms with Crippen molar-refractivity contribution in [2.45, 2.75) is 46.3 Å². The SMILES string of the molecule is CCc1nc(N2CC(C)OC(C)C2)c2nn(C)c(C)c2n1. The molecule has 3 rings (SSSR count). The van der Waals surface area contributed by atoms with E-state index in [-0.39, 0.29) is 12.2 Å². The number of nitrogens with zero attached hydrogens (tertiary/aromatic N) is 5. The number of aromatic nitrogens is 4. The van der Waals surface area contributed by atoms with Gasteiger partial charge in [0.25, 0.3) is 0 Å². The van der Waals surface area contributed by atoms with Crippen LogP contribution in [0.5, 0.6) is 0 Å². The van der Waals surface area contributed by atoms with E-state index in [1.807, 2.05) is 11.7 Å². The highest BCUT2D eigenvalue weighted by atomic mass is 16.5. The first-order valence-electron chi connectivity index (χ1n) is 7.60. The zero-order valence-electron chi connectivity index (χ0n) is 13.4. The number of fused-ring (bicyclic) bond motifs is 1. The van der Waals surface area contributed by atoms with Gasteiger partial charge in [-0.1, -0.05) is 6.92 Å². The van der Waals surface area contributed by atoms with Crippen molar-refractivity contribution < 1.29 is 4.74 Å². The molecule has 0 amide bonds. The molecule has 6 heteroatoms. The van der Waals surface area contributed by atoms with Crippen LogP contribution in [0.1, 0.15) is 32.3 Å². The van der Waals surface area contributed by atoms with E-state index in [9.17, 15) is 0 Å². The molecule has 2 atom stereocenters. The van der Waals surface area contributed by atoms with Crippen LogP contribution in [-0.4, -0.2) is 45.0 Å². The van der Waals surface area contributed by atoms with Crippen molar-refractivity contribution in [2.75, 3.05) is 18.0 Å². The largest absolute Gasteiger partial charge is 0.372 e. The van der Waals surface area contributed by atoms with Gasteiger partial charge in [-0.05, 0) is 20.8 Å². The summed E-state index contributed by atoms with van der Waals surface area (Å²) >= 11 is 0. The van der Waals surface area contributed by atoms with Gasteiger partial charge >= 0.3 is 0 Å². The second-order valence-corrected chi connectivity index (χ2v) is 5.89. The van der Waals surface area contributed by atoms with Crippen molar-refractivity contribution >= 4 is 16.9 Å². The van der Waals surface area contributed by atoms with Crippen molar-refractivity contribution in [1.82, 2.24) is 19.7 Å². The monoisotopic (exact) mass is 289 g/mol. The molecular formula is C15H23N5O. The summed E-state index contributed by atoms with van der Waals surface area (Å²) in [4.78, 5) is 11.7. The minimum atomic E-state index is 0.202. The summed E-state index contributed by atoms with van der Waals surface area (Å²) in [6.45, 7) is 10.0. The molecule has 1 fully saturated rings. The van der Waals surface area contributed by atoms with E-state index in [1.165, 1.54) is 0 Å². The number of morpholine rings is 1. The number of aryl methyl sites for hydroxylation is 3. The molecule has 0 N–H and O–H groups in total. The van der Waals surface area contributed by atoms with E-state index in [1.54, 1.807) is 0 Å². The first-order valence-corrected chi connectivity index (χ1v) is 7.60. The zero-order valence-corrected chi connectivity index (χ0v) is 13.4. The lowest BCUT2D eigenvalue weighted by Crippen LogP contribution is -2.46. The molecule has 0 radical (unpaired) electrons. The highest BCUT2D eigenvalue weighted by Gasteiger charge is 2.26. The highest BCUT2D eigenvalue weighted by Crippen LogP contribution is 2.27. The quantitative estimate of drug-likeness (QED) is 0.844. The van der Waals surface area contributed by atoms with E-state index >= 15 is 0 Å². The van der Waals surface area contributed by atoms with Crippen molar-refractivity contribution in [2.24, 2.45) is 7.05 Å². The van der Waals surface area contributed by atoms with Crippen LogP contribution in [0.2, 0.25) is 0 Å². The molecule has 1 saturated heterocycles. The Morgan fingerprint density at radius 1 is 1.14 bits per heavy atom. The van der Waals surface area contributed by atoms with Gasteiger partial charge in [0.05, 0.1) is 17.9 Å². The van der Waals surface area contributed by atoms with Crippen molar-refractivity contribution in [1.29, 1.82) is 0 Å². The molecule has 0 bridgehead atoms. The number of rotatable bonds is 2. The molecule has 0 aliphatic carbocycles. The summed E-state index contributed by atoms with van der Waals surface area (Å²) in [5.74, 6) is 1.82. The minimum absolute atomic E-state index is 0.202. The third-order valence-electron chi connectivity index (χ3n) is 4.03. The van der Waals surface area contributed by atoms with Gasteiger partial charge in [0.1, 0.15) is 11.3 Å². The van der Waals surface area contributed by atoms with Crippen LogP contribution >= 0.6 is 0 Å². The average molecular weight is 289 g/mol. The zero-order chi connectivity index (χ0) is 15.1. The van der Waals surface area contributed by atoms with Crippen molar-refractivity contribution in [3.05, 3.63) is 11.5 Å². The summed E-state index contributed by atoms with van der Waals surface area (Å²) in [6.07, 6.45) is 1.23. The van der Waals surface area contributed by atoms with Crippen molar-refractivity contribution in [3.8, 4) is 0 Å². The lowest BCUT2D eigenvalue weighted by molar-refractivity contribution is -0.00539. The minimum Gasteiger partial charge on any atom is -0.372 e. The van der Waals surface area contributed by atoms with Crippen LogP contribution in [-0.2, 0) is 18.2 Å². The van der Waals surface area contributed by atoms with Gasteiger partial charge < -0.3 is 9.64 Å². The lowest BCUT2D eigenvalue weighted by Gasteiger charge is -2.36. The van der Waals surface area contributed by atoms with Gasteiger partial charge in [-0.2, -0.15) is 5.10 Å². The normalized spacial score (nSPS) is 23.0. The van der Waals surface area contributed by atoms with Gasteiger partial charge in [0, 0.05) is 26.6 Å². The fourth-order valence-corrected chi connectivity index (χ4v) is 2.94. The predicted molar refractivity (Wildman–Crippen MR) is 82.6 cm³/mol. The summed E-state index contributed by atoms with van der Waals surface area (Å²) in [5, 5.41) is 4.62. The summed E-state index contributed by atoms with van der Waals surface area (Å²) in [5.41, 5.74) is 2.94. The number of ether oxygens (including phenoxy) is 1. The third kappa shape index (κ3) is 2.48. The van der Waals surface area contributed by atoms with Crippen LogP contribution < -0.4 is 4.90 Å². The Kier molecular flexibility index (Phi) is 3.57. The first kappa shape index (κ1) is 14.3.